The van der Waals surface area contributed by atoms with Gasteiger partial charge in [0.05, 0.1) is 18.1 Å². The third-order valence-corrected chi connectivity index (χ3v) is 7.03. The molecule has 4 rings (SSSR count). The zero-order valence-corrected chi connectivity index (χ0v) is 15.9. The Morgan fingerprint density at radius 2 is 2.04 bits per heavy atom. The summed E-state index contributed by atoms with van der Waals surface area (Å²) in [4.78, 5) is 9.02. The van der Waals surface area contributed by atoms with E-state index < -0.39 is 9.84 Å². The van der Waals surface area contributed by atoms with Crippen molar-refractivity contribution in [2.75, 3.05) is 37.7 Å². The molecule has 2 aliphatic heterocycles. The van der Waals surface area contributed by atoms with Gasteiger partial charge >= 0.3 is 0 Å². The molecular weight excluding hydrogens is 376 g/mol. The van der Waals surface area contributed by atoms with Crippen molar-refractivity contribution in [3.63, 3.8) is 0 Å². The molecule has 0 spiro atoms. The predicted molar refractivity (Wildman–Crippen MR) is 98.7 cm³/mol. The highest BCUT2D eigenvalue weighted by Gasteiger charge is 2.33. The van der Waals surface area contributed by atoms with Crippen LogP contribution in [0.3, 0.4) is 0 Å². The van der Waals surface area contributed by atoms with Crippen LogP contribution < -0.4 is 0 Å². The summed E-state index contributed by atoms with van der Waals surface area (Å²) >= 11 is 6.01. The summed E-state index contributed by atoms with van der Waals surface area (Å²) in [5.41, 5.74) is 0.833. The lowest BCUT2D eigenvalue weighted by molar-refractivity contribution is 0.0926. The molecule has 7 nitrogen and oxygen atoms in total. The zero-order chi connectivity index (χ0) is 18.1. The summed E-state index contributed by atoms with van der Waals surface area (Å²) in [7, 11) is -2.83. The molecule has 140 valence electrons. The number of hydrogen-bond donors (Lipinski definition) is 0. The van der Waals surface area contributed by atoms with Gasteiger partial charge in [-0.05, 0) is 18.6 Å². The first kappa shape index (κ1) is 17.9. The Morgan fingerprint density at radius 1 is 1.23 bits per heavy atom. The highest BCUT2D eigenvalue weighted by molar-refractivity contribution is 7.91. The van der Waals surface area contributed by atoms with Gasteiger partial charge in [0.1, 0.15) is 0 Å². The Hall–Kier alpha value is -1.48. The highest BCUT2D eigenvalue weighted by atomic mass is 35.5. The molecule has 2 saturated heterocycles. The van der Waals surface area contributed by atoms with E-state index in [1.807, 2.05) is 18.2 Å². The molecule has 1 aromatic carbocycles. The molecule has 2 aliphatic rings. The monoisotopic (exact) mass is 396 g/mol. The van der Waals surface area contributed by atoms with Crippen LogP contribution in [0, 0.1) is 0 Å². The van der Waals surface area contributed by atoms with Gasteiger partial charge < -0.3 is 4.52 Å². The molecule has 2 fully saturated rings. The second kappa shape index (κ2) is 7.26. The first-order valence-corrected chi connectivity index (χ1v) is 10.9. The maximum Gasteiger partial charge on any atom is 0.241 e. The molecule has 1 aromatic heterocycles. The standard InChI is InChI=1S/C17H21ClN4O3S/c18-14-3-1-2-13(10-14)17-19-16(25-20-17)11-21-5-7-22(8-6-21)15-4-9-26(23,24)12-15/h1-3,10,15H,4-9,11-12H2/t15-/m0/s1. The molecule has 1 atom stereocenters. The van der Waals surface area contributed by atoms with Crippen LogP contribution in [-0.2, 0) is 16.4 Å². The molecule has 0 bridgehead atoms. The van der Waals surface area contributed by atoms with Crippen molar-refractivity contribution in [2.24, 2.45) is 0 Å². The SMILES string of the molecule is O=S1(=O)CC[C@H](N2CCN(Cc3nc(-c4cccc(Cl)c4)no3)CC2)C1. The maximum absolute atomic E-state index is 11.7. The van der Waals surface area contributed by atoms with Crippen molar-refractivity contribution < 1.29 is 12.9 Å². The third-order valence-electron chi connectivity index (χ3n) is 5.04. The molecule has 0 unspecified atom stereocenters. The molecule has 0 saturated carbocycles. The number of piperazine rings is 1. The second-order valence-electron chi connectivity index (χ2n) is 6.89. The van der Waals surface area contributed by atoms with Crippen LogP contribution >= 0.6 is 11.6 Å². The van der Waals surface area contributed by atoms with E-state index in [2.05, 4.69) is 19.9 Å². The van der Waals surface area contributed by atoms with Crippen LogP contribution in [0.2, 0.25) is 5.02 Å². The van der Waals surface area contributed by atoms with Gasteiger partial charge in [-0.1, -0.05) is 28.9 Å². The van der Waals surface area contributed by atoms with Gasteiger partial charge in [-0.3, -0.25) is 9.80 Å². The van der Waals surface area contributed by atoms with Crippen molar-refractivity contribution in [3.05, 3.63) is 35.2 Å². The van der Waals surface area contributed by atoms with Crippen LogP contribution in [-0.4, -0.2) is 72.1 Å². The number of nitrogens with zero attached hydrogens (tertiary/aromatic N) is 4. The van der Waals surface area contributed by atoms with Crippen LogP contribution in [0.15, 0.2) is 28.8 Å². The van der Waals surface area contributed by atoms with Crippen molar-refractivity contribution in [1.29, 1.82) is 0 Å². The van der Waals surface area contributed by atoms with Gasteiger partial charge in [0.15, 0.2) is 9.84 Å². The van der Waals surface area contributed by atoms with Gasteiger partial charge in [0, 0.05) is 42.8 Å². The van der Waals surface area contributed by atoms with Crippen molar-refractivity contribution in [1.82, 2.24) is 19.9 Å². The summed E-state index contributed by atoms with van der Waals surface area (Å²) in [6.07, 6.45) is 0.759. The Balaban J connectivity index is 1.32. The lowest BCUT2D eigenvalue weighted by atomic mass is 10.2. The summed E-state index contributed by atoms with van der Waals surface area (Å²) < 4.78 is 28.7. The van der Waals surface area contributed by atoms with Crippen LogP contribution in [0.4, 0.5) is 0 Å². The number of aromatic nitrogens is 2. The van der Waals surface area contributed by atoms with E-state index in [9.17, 15) is 8.42 Å². The summed E-state index contributed by atoms with van der Waals surface area (Å²) in [6, 6.07) is 7.55. The number of rotatable bonds is 4. The smallest absolute Gasteiger partial charge is 0.241 e. The highest BCUT2D eigenvalue weighted by Crippen LogP contribution is 2.22. The molecule has 0 aliphatic carbocycles. The van der Waals surface area contributed by atoms with Gasteiger partial charge in [0.25, 0.3) is 0 Å². The Labute approximate surface area is 157 Å². The minimum Gasteiger partial charge on any atom is -0.338 e. The molecule has 0 amide bonds. The fraction of sp³-hybridized carbons (Fsp3) is 0.529. The fourth-order valence-corrected chi connectivity index (χ4v) is 5.56. The Kier molecular flexibility index (Phi) is 5.00. The zero-order valence-electron chi connectivity index (χ0n) is 14.3. The summed E-state index contributed by atoms with van der Waals surface area (Å²) in [6.45, 7) is 4.08. The van der Waals surface area contributed by atoms with Crippen LogP contribution in [0.25, 0.3) is 11.4 Å². The number of sulfone groups is 1. The molecule has 0 N–H and O–H groups in total. The van der Waals surface area contributed by atoms with Gasteiger partial charge in [-0.25, -0.2) is 8.42 Å². The number of hydrogen-bond acceptors (Lipinski definition) is 7. The number of benzene rings is 1. The predicted octanol–water partition coefficient (Wildman–Crippen LogP) is 1.69. The largest absolute Gasteiger partial charge is 0.338 e. The topological polar surface area (TPSA) is 79.5 Å². The van der Waals surface area contributed by atoms with Crippen molar-refractivity contribution >= 4 is 21.4 Å². The van der Waals surface area contributed by atoms with Crippen LogP contribution in [0.1, 0.15) is 12.3 Å². The average molecular weight is 397 g/mol. The van der Waals surface area contributed by atoms with Crippen molar-refractivity contribution in [2.45, 2.75) is 19.0 Å². The Morgan fingerprint density at radius 3 is 2.73 bits per heavy atom. The van der Waals surface area contributed by atoms with Crippen molar-refractivity contribution in [3.8, 4) is 11.4 Å². The molecule has 0 radical (unpaired) electrons. The maximum atomic E-state index is 11.7. The quantitative estimate of drug-likeness (QED) is 0.778. The van der Waals surface area contributed by atoms with E-state index in [0.29, 0.717) is 34.8 Å². The summed E-state index contributed by atoms with van der Waals surface area (Å²) in [5, 5.41) is 4.68. The second-order valence-corrected chi connectivity index (χ2v) is 9.56. The minimum absolute atomic E-state index is 0.181. The van der Waals surface area contributed by atoms with E-state index in [-0.39, 0.29) is 6.04 Å². The van der Waals surface area contributed by atoms with Gasteiger partial charge in [-0.2, -0.15) is 4.98 Å². The fourth-order valence-electron chi connectivity index (χ4n) is 3.61. The third kappa shape index (κ3) is 4.09. The Bertz CT molecular complexity index is 878. The lowest BCUT2D eigenvalue weighted by Gasteiger charge is -2.37. The normalized spacial score (nSPS) is 24.1. The van der Waals surface area contributed by atoms with E-state index in [4.69, 9.17) is 16.1 Å². The molecule has 2 aromatic rings. The molecule has 9 heteroatoms. The molecule has 26 heavy (non-hydrogen) atoms. The minimum atomic E-state index is -2.83. The molecule has 3 heterocycles. The summed E-state index contributed by atoms with van der Waals surface area (Å²) in [5.74, 6) is 1.75. The van der Waals surface area contributed by atoms with E-state index in [1.54, 1.807) is 6.07 Å². The first-order chi connectivity index (χ1) is 12.5. The average Bonchev–Trinajstić information content (AvgIpc) is 3.22. The van der Waals surface area contributed by atoms with Gasteiger partial charge in [-0.15, -0.1) is 0 Å². The first-order valence-electron chi connectivity index (χ1n) is 8.74. The van der Waals surface area contributed by atoms with E-state index in [0.717, 1.165) is 38.2 Å². The molecular formula is C17H21ClN4O3S. The van der Waals surface area contributed by atoms with Crippen LogP contribution in [0.5, 0.6) is 0 Å². The van der Waals surface area contributed by atoms with E-state index in [1.165, 1.54) is 0 Å². The van der Waals surface area contributed by atoms with Gasteiger partial charge in [0.2, 0.25) is 11.7 Å². The number of halogens is 1. The lowest BCUT2D eigenvalue weighted by Crippen LogP contribution is -2.50. The van der Waals surface area contributed by atoms with E-state index >= 15 is 0 Å².